The number of nitrogens with zero attached hydrogens (tertiary/aromatic N) is 3. The van der Waals surface area contributed by atoms with Gasteiger partial charge in [0.2, 0.25) is 0 Å². The van der Waals surface area contributed by atoms with E-state index in [-0.39, 0.29) is 11.7 Å². The van der Waals surface area contributed by atoms with Gasteiger partial charge >= 0.3 is 0 Å². The Bertz CT molecular complexity index is 869. The van der Waals surface area contributed by atoms with Gasteiger partial charge in [-0.3, -0.25) is 25.0 Å². The van der Waals surface area contributed by atoms with E-state index < -0.39 is 27.1 Å². The first-order valence-electron chi connectivity index (χ1n) is 7.47. The molecule has 0 radical (unpaired) electrons. The number of benzene rings is 2. The zero-order valence-electron chi connectivity index (χ0n) is 13.2. The Morgan fingerprint density at radius 1 is 1.08 bits per heavy atom. The number of non-ortho nitro benzene ring substituents is 2. The van der Waals surface area contributed by atoms with Crippen molar-refractivity contribution in [2.75, 3.05) is 5.32 Å². The van der Waals surface area contributed by atoms with Crippen molar-refractivity contribution in [1.82, 2.24) is 0 Å². The van der Waals surface area contributed by atoms with E-state index in [0.717, 1.165) is 23.8 Å². The molecule has 0 aliphatic carbocycles. The standard InChI is InChI=1S/C16H12N4O6/c21-16(11-7-13(19(22)23)9-14(8-11)20(24)25)18-12-3-1-10(2-4-12)15-5-6-17-26-15/h1-4,6-9,15H,5H2,(H,18,21). The summed E-state index contributed by atoms with van der Waals surface area (Å²) in [4.78, 5) is 37.7. The second kappa shape index (κ2) is 6.97. The number of hydrogen-bond donors (Lipinski definition) is 1. The molecule has 1 aliphatic rings. The van der Waals surface area contributed by atoms with Crippen LogP contribution < -0.4 is 5.32 Å². The molecule has 0 bridgehead atoms. The van der Waals surface area contributed by atoms with E-state index in [1.165, 1.54) is 0 Å². The summed E-state index contributed by atoms with van der Waals surface area (Å²) in [7, 11) is 0. The molecule has 0 saturated heterocycles. The number of anilines is 1. The van der Waals surface area contributed by atoms with E-state index >= 15 is 0 Å². The number of hydrogen-bond acceptors (Lipinski definition) is 7. The number of nitro groups is 2. The maximum Gasteiger partial charge on any atom is 0.277 e. The molecule has 2 aromatic carbocycles. The molecule has 132 valence electrons. The van der Waals surface area contributed by atoms with Crippen LogP contribution in [0, 0.1) is 20.2 Å². The molecule has 1 heterocycles. The molecule has 10 heteroatoms. The van der Waals surface area contributed by atoms with Gasteiger partial charge in [0.25, 0.3) is 17.3 Å². The van der Waals surface area contributed by atoms with Crippen molar-refractivity contribution in [3.05, 3.63) is 73.8 Å². The number of carbonyl (C=O) groups is 1. The summed E-state index contributed by atoms with van der Waals surface area (Å²) >= 11 is 0. The lowest BCUT2D eigenvalue weighted by Gasteiger charge is -2.10. The molecule has 10 nitrogen and oxygen atoms in total. The van der Waals surface area contributed by atoms with Crippen LogP contribution in [0.3, 0.4) is 0 Å². The summed E-state index contributed by atoms with van der Waals surface area (Å²) in [5.74, 6) is -0.690. The minimum atomic E-state index is -0.789. The monoisotopic (exact) mass is 356 g/mol. The molecule has 0 aromatic heterocycles. The molecule has 1 atom stereocenters. The smallest absolute Gasteiger partial charge is 0.277 e. The quantitative estimate of drug-likeness (QED) is 0.645. The summed E-state index contributed by atoms with van der Waals surface area (Å²) in [6, 6.07) is 9.56. The number of carbonyl (C=O) groups excluding carboxylic acids is 1. The zero-order valence-corrected chi connectivity index (χ0v) is 13.2. The van der Waals surface area contributed by atoms with E-state index in [4.69, 9.17) is 4.84 Å². The number of nitro benzene ring substituents is 2. The first-order chi connectivity index (χ1) is 12.4. The minimum Gasteiger partial charge on any atom is -0.388 e. The van der Waals surface area contributed by atoms with Gasteiger partial charge in [-0.1, -0.05) is 17.3 Å². The molecule has 26 heavy (non-hydrogen) atoms. The highest BCUT2D eigenvalue weighted by Gasteiger charge is 2.20. The fourth-order valence-corrected chi connectivity index (χ4v) is 2.42. The third-order valence-corrected chi connectivity index (χ3v) is 3.71. The van der Waals surface area contributed by atoms with Crippen molar-refractivity contribution in [3.8, 4) is 0 Å². The fraction of sp³-hybridized carbons (Fsp3) is 0.125. The molecular weight excluding hydrogens is 344 g/mol. The summed E-state index contributed by atoms with van der Waals surface area (Å²) in [6.07, 6.45) is 2.15. The molecule has 2 aromatic rings. The topological polar surface area (TPSA) is 137 Å². The Hall–Kier alpha value is -3.82. The second-order valence-corrected chi connectivity index (χ2v) is 5.45. The van der Waals surface area contributed by atoms with Gasteiger partial charge in [0.15, 0.2) is 6.10 Å². The predicted molar refractivity (Wildman–Crippen MR) is 91.1 cm³/mol. The minimum absolute atomic E-state index is 0.167. The van der Waals surface area contributed by atoms with Crippen LogP contribution in [0.2, 0.25) is 0 Å². The van der Waals surface area contributed by atoms with E-state index in [0.29, 0.717) is 12.1 Å². The van der Waals surface area contributed by atoms with Crippen LogP contribution in [0.5, 0.6) is 0 Å². The molecule has 1 unspecified atom stereocenters. The van der Waals surface area contributed by atoms with Crippen molar-refractivity contribution < 1.29 is 19.5 Å². The normalized spacial score (nSPS) is 15.3. The number of nitrogens with one attached hydrogen (secondary N) is 1. The van der Waals surface area contributed by atoms with Gasteiger partial charge in [0.1, 0.15) is 0 Å². The lowest BCUT2D eigenvalue weighted by atomic mass is 10.1. The van der Waals surface area contributed by atoms with Gasteiger partial charge in [-0.05, 0) is 17.7 Å². The summed E-state index contributed by atoms with van der Waals surface area (Å²) in [5, 5.41) is 28.0. The average molecular weight is 356 g/mol. The zero-order chi connectivity index (χ0) is 18.7. The van der Waals surface area contributed by atoms with Gasteiger partial charge in [0.05, 0.1) is 21.5 Å². The van der Waals surface area contributed by atoms with Gasteiger partial charge in [-0.25, -0.2) is 0 Å². The van der Waals surface area contributed by atoms with Crippen molar-refractivity contribution >= 4 is 29.2 Å². The van der Waals surface area contributed by atoms with Crippen molar-refractivity contribution in [2.45, 2.75) is 12.5 Å². The molecule has 0 spiro atoms. The number of rotatable bonds is 5. The molecule has 1 amide bonds. The van der Waals surface area contributed by atoms with Crippen molar-refractivity contribution in [3.63, 3.8) is 0 Å². The van der Waals surface area contributed by atoms with Crippen molar-refractivity contribution in [1.29, 1.82) is 0 Å². The Morgan fingerprint density at radius 2 is 1.69 bits per heavy atom. The lowest BCUT2D eigenvalue weighted by Crippen LogP contribution is -2.12. The van der Waals surface area contributed by atoms with Crippen LogP contribution in [0.25, 0.3) is 0 Å². The molecule has 1 N–H and O–H groups in total. The van der Waals surface area contributed by atoms with Crippen LogP contribution in [-0.4, -0.2) is 22.0 Å². The van der Waals surface area contributed by atoms with Gasteiger partial charge < -0.3 is 10.2 Å². The van der Waals surface area contributed by atoms with E-state index in [2.05, 4.69) is 10.5 Å². The summed E-state index contributed by atoms with van der Waals surface area (Å²) in [6.45, 7) is 0. The largest absolute Gasteiger partial charge is 0.388 e. The Kier molecular flexibility index (Phi) is 4.56. The van der Waals surface area contributed by atoms with Gasteiger partial charge in [-0.15, -0.1) is 0 Å². The Balaban J connectivity index is 1.79. The molecule has 1 aliphatic heterocycles. The number of oxime groups is 1. The third-order valence-electron chi connectivity index (χ3n) is 3.71. The van der Waals surface area contributed by atoms with Crippen LogP contribution in [-0.2, 0) is 4.84 Å². The fourth-order valence-electron chi connectivity index (χ4n) is 2.42. The van der Waals surface area contributed by atoms with Gasteiger partial charge in [-0.2, -0.15) is 0 Å². The number of amides is 1. The van der Waals surface area contributed by atoms with Crippen LogP contribution >= 0.6 is 0 Å². The average Bonchev–Trinajstić information content (AvgIpc) is 3.16. The van der Waals surface area contributed by atoms with E-state index in [1.54, 1.807) is 30.5 Å². The van der Waals surface area contributed by atoms with E-state index in [1.807, 2.05) is 0 Å². The predicted octanol–water partition coefficient (Wildman–Crippen LogP) is 3.20. The highest BCUT2D eigenvalue weighted by Crippen LogP contribution is 2.26. The Morgan fingerprint density at radius 3 is 2.19 bits per heavy atom. The molecule has 0 fully saturated rings. The van der Waals surface area contributed by atoms with Crippen LogP contribution in [0.1, 0.15) is 28.4 Å². The lowest BCUT2D eigenvalue weighted by molar-refractivity contribution is -0.394. The van der Waals surface area contributed by atoms with E-state index in [9.17, 15) is 25.0 Å². The highest BCUT2D eigenvalue weighted by atomic mass is 16.6. The van der Waals surface area contributed by atoms with Gasteiger partial charge in [0, 0.05) is 30.5 Å². The Labute approximate surface area is 146 Å². The second-order valence-electron chi connectivity index (χ2n) is 5.45. The molecule has 0 saturated carbocycles. The summed E-state index contributed by atoms with van der Waals surface area (Å²) < 4.78 is 0. The maximum atomic E-state index is 12.3. The summed E-state index contributed by atoms with van der Waals surface area (Å²) in [5.41, 5.74) is 0.0805. The first-order valence-corrected chi connectivity index (χ1v) is 7.47. The van der Waals surface area contributed by atoms with Crippen molar-refractivity contribution in [2.24, 2.45) is 5.16 Å². The SMILES string of the molecule is O=C(Nc1ccc(C2CC=NO2)cc1)c1cc([N+](=O)[O-])cc([N+](=O)[O-])c1. The molecule has 3 rings (SSSR count). The van der Waals surface area contributed by atoms with Crippen LogP contribution in [0.15, 0.2) is 47.6 Å². The first kappa shape index (κ1) is 17.0. The third kappa shape index (κ3) is 3.64. The maximum absolute atomic E-state index is 12.3. The van der Waals surface area contributed by atoms with Crippen LogP contribution in [0.4, 0.5) is 17.1 Å². The molecular formula is C16H12N4O6. The highest BCUT2D eigenvalue weighted by molar-refractivity contribution is 6.05.